The van der Waals surface area contributed by atoms with E-state index in [1.54, 1.807) is 47.8 Å². The Morgan fingerprint density at radius 1 is 1.22 bits per heavy atom. The second-order valence-electron chi connectivity index (χ2n) is 8.32. The summed E-state index contributed by atoms with van der Waals surface area (Å²) in [4.78, 5) is 48.9. The fourth-order valence-electron chi connectivity index (χ4n) is 3.96. The fraction of sp³-hybridized carbons (Fsp3) is 0.115. The summed E-state index contributed by atoms with van der Waals surface area (Å²) in [5.41, 5.74) is 4.12. The standard InChI is InChI=1S/C26H23N7O3/c1-32-13-19(30-16-32)14-33-9-3-5-21(26(33)36)24(34)28-8-2-4-17-6-7-20-22(11-18-12-27-15-29-18)25(35)31-23(20)10-17/h2-7,9-13,15-16H,8,14H2,1H3,(H,27,29)(H,28,34)(H,31,35)/b4-2+,22-11?. The maximum Gasteiger partial charge on any atom is 0.263 e. The Morgan fingerprint density at radius 2 is 2.11 bits per heavy atom. The van der Waals surface area contributed by atoms with E-state index in [4.69, 9.17) is 0 Å². The van der Waals surface area contributed by atoms with E-state index < -0.39 is 5.91 Å². The van der Waals surface area contributed by atoms with Crippen molar-refractivity contribution in [2.24, 2.45) is 7.05 Å². The molecule has 10 heteroatoms. The van der Waals surface area contributed by atoms with Crippen LogP contribution in [0.2, 0.25) is 0 Å². The highest BCUT2D eigenvalue weighted by Crippen LogP contribution is 2.33. The number of pyridine rings is 1. The molecule has 36 heavy (non-hydrogen) atoms. The van der Waals surface area contributed by atoms with E-state index in [2.05, 4.69) is 25.6 Å². The maximum absolute atomic E-state index is 12.7. The molecule has 1 aliphatic heterocycles. The summed E-state index contributed by atoms with van der Waals surface area (Å²) in [6, 6.07) is 8.82. The Hall–Kier alpha value is -4.99. The van der Waals surface area contributed by atoms with Crippen LogP contribution in [-0.4, -0.2) is 42.4 Å². The lowest BCUT2D eigenvalue weighted by Crippen LogP contribution is -2.33. The number of imidazole rings is 2. The van der Waals surface area contributed by atoms with E-state index in [1.165, 1.54) is 10.6 Å². The molecule has 3 aromatic heterocycles. The minimum atomic E-state index is -0.449. The van der Waals surface area contributed by atoms with Gasteiger partial charge in [-0.05, 0) is 29.8 Å². The molecule has 0 saturated carbocycles. The molecule has 10 nitrogen and oxygen atoms in total. The molecule has 0 radical (unpaired) electrons. The van der Waals surface area contributed by atoms with Gasteiger partial charge in [-0.1, -0.05) is 24.3 Å². The van der Waals surface area contributed by atoms with Gasteiger partial charge in [0.05, 0.1) is 42.4 Å². The number of carbonyl (C=O) groups is 2. The molecule has 0 unspecified atom stereocenters. The van der Waals surface area contributed by atoms with Gasteiger partial charge < -0.3 is 24.8 Å². The lowest BCUT2D eigenvalue weighted by atomic mass is 10.0. The van der Waals surface area contributed by atoms with E-state index in [0.29, 0.717) is 5.57 Å². The first kappa shape index (κ1) is 22.8. The number of benzene rings is 1. The van der Waals surface area contributed by atoms with Gasteiger partial charge >= 0.3 is 0 Å². The van der Waals surface area contributed by atoms with Gasteiger partial charge in [-0.3, -0.25) is 14.4 Å². The van der Waals surface area contributed by atoms with Gasteiger partial charge in [0.15, 0.2) is 0 Å². The largest absolute Gasteiger partial charge is 0.348 e. The van der Waals surface area contributed by atoms with Crippen LogP contribution in [0.5, 0.6) is 0 Å². The van der Waals surface area contributed by atoms with Crippen LogP contribution >= 0.6 is 0 Å². The zero-order valence-corrected chi connectivity index (χ0v) is 19.4. The molecule has 0 bridgehead atoms. The molecule has 0 spiro atoms. The van der Waals surface area contributed by atoms with Crippen molar-refractivity contribution in [3.05, 3.63) is 106 Å². The van der Waals surface area contributed by atoms with Gasteiger partial charge in [0.2, 0.25) is 0 Å². The Balaban J connectivity index is 1.22. The van der Waals surface area contributed by atoms with Crippen LogP contribution < -0.4 is 16.2 Å². The highest BCUT2D eigenvalue weighted by molar-refractivity contribution is 6.34. The molecule has 0 saturated heterocycles. The van der Waals surface area contributed by atoms with E-state index in [0.717, 1.165) is 28.2 Å². The highest BCUT2D eigenvalue weighted by atomic mass is 16.2. The monoisotopic (exact) mass is 481 g/mol. The maximum atomic E-state index is 12.7. The number of aromatic nitrogens is 5. The first-order chi connectivity index (χ1) is 17.5. The van der Waals surface area contributed by atoms with Crippen molar-refractivity contribution >= 4 is 35.2 Å². The van der Waals surface area contributed by atoms with Gasteiger partial charge in [0.25, 0.3) is 17.4 Å². The fourth-order valence-corrected chi connectivity index (χ4v) is 3.96. The van der Waals surface area contributed by atoms with Crippen molar-refractivity contribution in [1.82, 2.24) is 29.4 Å². The van der Waals surface area contributed by atoms with Crippen LogP contribution in [-0.2, 0) is 18.4 Å². The molecule has 1 aliphatic rings. The Morgan fingerprint density at radius 3 is 2.89 bits per heavy atom. The number of fused-ring (bicyclic) bond motifs is 1. The molecule has 0 fully saturated rings. The molecule has 0 atom stereocenters. The van der Waals surface area contributed by atoms with Crippen molar-refractivity contribution < 1.29 is 9.59 Å². The molecule has 0 aliphatic carbocycles. The molecule has 3 N–H and O–H groups in total. The smallest absolute Gasteiger partial charge is 0.263 e. The minimum absolute atomic E-state index is 0.0682. The number of aromatic amines is 1. The average Bonchev–Trinajstić information content (AvgIpc) is 3.59. The van der Waals surface area contributed by atoms with Gasteiger partial charge in [-0.15, -0.1) is 0 Å². The van der Waals surface area contributed by atoms with Gasteiger partial charge in [-0.2, -0.15) is 0 Å². The molecular weight excluding hydrogens is 458 g/mol. The number of aryl methyl sites for hydroxylation is 1. The minimum Gasteiger partial charge on any atom is -0.348 e. The van der Waals surface area contributed by atoms with Crippen molar-refractivity contribution in [2.75, 3.05) is 11.9 Å². The molecule has 4 aromatic rings. The summed E-state index contributed by atoms with van der Waals surface area (Å²) in [6.45, 7) is 0.524. The normalized spacial score (nSPS) is 13.8. The summed E-state index contributed by atoms with van der Waals surface area (Å²) in [5, 5.41) is 5.62. The first-order valence-electron chi connectivity index (χ1n) is 11.2. The molecule has 1 aromatic carbocycles. The van der Waals surface area contributed by atoms with E-state index in [1.807, 2.05) is 37.5 Å². The lowest BCUT2D eigenvalue weighted by molar-refractivity contribution is -0.110. The van der Waals surface area contributed by atoms with Crippen molar-refractivity contribution in [1.29, 1.82) is 0 Å². The SMILES string of the molecule is Cn1cnc(Cn2cccc(C(=O)NC/C=C/c3ccc4c(c3)NC(=O)C4=Cc3cnc[nH]3)c2=O)c1. The Bertz CT molecular complexity index is 1560. The van der Waals surface area contributed by atoms with Crippen LogP contribution in [0.1, 0.15) is 32.9 Å². The van der Waals surface area contributed by atoms with E-state index >= 15 is 0 Å². The number of H-pyrrole nitrogens is 1. The highest BCUT2D eigenvalue weighted by Gasteiger charge is 2.24. The predicted molar refractivity (Wildman–Crippen MR) is 136 cm³/mol. The van der Waals surface area contributed by atoms with Crippen LogP contribution in [0.4, 0.5) is 5.69 Å². The number of nitrogens with zero attached hydrogens (tertiary/aromatic N) is 4. The zero-order chi connectivity index (χ0) is 25.1. The number of hydrogen-bond donors (Lipinski definition) is 3. The number of amides is 2. The van der Waals surface area contributed by atoms with E-state index in [9.17, 15) is 14.4 Å². The van der Waals surface area contributed by atoms with Crippen LogP contribution in [0, 0.1) is 0 Å². The zero-order valence-electron chi connectivity index (χ0n) is 19.4. The number of nitrogens with one attached hydrogen (secondary N) is 3. The van der Waals surface area contributed by atoms with Crippen LogP contribution in [0.3, 0.4) is 0 Å². The molecule has 5 rings (SSSR count). The van der Waals surface area contributed by atoms with Crippen molar-refractivity contribution in [3.63, 3.8) is 0 Å². The Labute approximate surface area is 206 Å². The van der Waals surface area contributed by atoms with E-state index in [-0.39, 0.29) is 30.1 Å². The summed E-state index contributed by atoms with van der Waals surface area (Å²) < 4.78 is 3.26. The van der Waals surface area contributed by atoms with Gasteiger partial charge in [-0.25, -0.2) is 9.97 Å². The molecular formula is C26H23N7O3. The molecule has 2 amide bonds. The average molecular weight is 482 g/mol. The van der Waals surface area contributed by atoms with Gasteiger partial charge in [0.1, 0.15) is 5.56 Å². The molecule has 4 heterocycles. The topological polar surface area (TPSA) is 127 Å². The third kappa shape index (κ3) is 4.78. The summed E-state index contributed by atoms with van der Waals surface area (Å²) in [5.74, 6) is -0.626. The van der Waals surface area contributed by atoms with Crippen molar-refractivity contribution in [2.45, 2.75) is 6.54 Å². The summed E-state index contributed by atoms with van der Waals surface area (Å²) >= 11 is 0. The lowest BCUT2D eigenvalue weighted by Gasteiger charge is -2.07. The summed E-state index contributed by atoms with van der Waals surface area (Å²) in [7, 11) is 1.85. The third-order valence-electron chi connectivity index (χ3n) is 5.69. The summed E-state index contributed by atoms with van der Waals surface area (Å²) in [6.07, 6.45) is 13.7. The van der Waals surface area contributed by atoms with Gasteiger partial charge in [0, 0.05) is 37.2 Å². The second-order valence-corrected chi connectivity index (χ2v) is 8.32. The first-order valence-corrected chi connectivity index (χ1v) is 11.2. The van der Waals surface area contributed by atoms with Crippen LogP contribution in [0.15, 0.2) is 72.4 Å². The van der Waals surface area contributed by atoms with Crippen molar-refractivity contribution in [3.8, 4) is 0 Å². The third-order valence-corrected chi connectivity index (χ3v) is 5.69. The number of anilines is 1. The number of carbonyl (C=O) groups excluding carboxylic acids is 2. The Kier molecular flexibility index (Phi) is 6.14. The quantitative estimate of drug-likeness (QED) is 0.349. The van der Waals surface area contributed by atoms with Crippen LogP contribution in [0.25, 0.3) is 17.7 Å². The second kappa shape index (κ2) is 9.71. The molecule has 180 valence electrons. The number of hydrogen-bond acceptors (Lipinski definition) is 5. The predicted octanol–water partition coefficient (Wildman–Crippen LogP) is 2.29. The number of rotatable bonds is 7.